The van der Waals surface area contributed by atoms with Crippen molar-refractivity contribution in [2.45, 2.75) is 40.5 Å². The fourth-order valence-corrected chi connectivity index (χ4v) is 2.40. The molecule has 0 spiro atoms. The second-order valence-electron chi connectivity index (χ2n) is 4.68. The van der Waals surface area contributed by atoms with E-state index in [0.717, 1.165) is 12.8 Å². The number of rotatable bonds is 2. The summed E-state index contributed by atoms with van der Waals surface area (Å²) in [6, 6.07) is 0. The Morgan fingerprint density at radius 1 is 1.54 bits per heavy atom. The van der Waals surface area contributed by atoms with Crippen molar-refractivity contribution >= 4 is 5.78 Å². The maximum atomic E-state index is 11.7. The number of Topliss-reactive ketones (excluding diaryl/α,β-unsaturated/α-hetero) is 1. The summed E-state index contributed by atoms with van der Waals surface area (Å²) in [5.74, 6) is 1.37. The minimum atomic E-state index is -0.0752. The normalized spacial score (nSPS) is 33.8. The van der Waals surface area contributed by atoms with Gasteiger partial charge in [0.1, 0.15) is 5.78 Å². The molecular weight excluding hydrogens is 160 g/mol. The Hall–Kier alpha value is -0.590. The molecule has 0 saturated carbocycles. The van der Waals surface area contributed by atoms with E-state index in [1.807, 2.05) is 0 Å². The predicted octanol–water partition coefficient (Wildman–Crippen LogP) is 3.20. The van der Waals surface area contributed by atoms with E-state index < -0.39 is 0 Å². The minimum Gasteiger partial charge on any atom is -0.299 e. The summed E-state index contributed by atoms with van der Waals surface area (Å²) >= 11 is 0. The first-order chi connectivity index (χ1) is 5.99. The van der Waals surface area contributed by atoms with Gasteiger partial charge in [-0.25, -0.2) is 0 Å². The van der Waals surface area contributed by atoms with E-state index in [1.54, 1.807) is 6.92 Å². The molecule has 13 heavy (non-hydrogen) atoms. The summed E-state index contributed by atoms with van der Waals surface area (Å²) in [6.07, 6.45) is 6.36. The highest BCUT2D eigenvalue weighted by Crippen LogP contribution is 2.42. The van der Waals surface area contributed by atoms with Gasteiger partial charge < -0.3 is 0 Å². The lowest BCUT2D eigenvalue weighted by molar-refractivity contribution is -0.130. The Morgan fingerprint density at radius 3 is 2.46 bits per heavy atom. The summed E-state index contributed by atoms with van der Waals surface area (Å²) in [4.78, 5) is 11.7. The lowest BCUT2D eigenvalue weighted by Crippen LogP contribution is -2.37. The molecule has 0 N–H and O–H groups in total. The van der Waals surface area contributed by atoms with Crippen LogP contribution < -0.4 is 0 Å². The van der Waals surface area contributed by atoms with Crippen molar-refractivity contribution in [1.29, 1.82) is 0 Å². The highest BCUT2D eigenvalue weighted by atomic mass is 16.1. The summed E-state index contributed by atoms with van der Waals surface area (Å²) in [7, 11) is 0. The molecule has 0 aromatic carbocycles. The molecule has 0 aliphatic heterocycles. The molecule has 1 aliphatic rings. The summed E-state index contributed by atoms with van der Waals surface area (Å²) < 4.78 is 0. The van der Waals surface area contributed by atoms with Crippen molar-refractivity contribution in [1.82, 2.24) is 0 Å². The number of allylic oxidation sites excluding steroid dienone is 2. The molecule has 2 unspecified atom stereocenters. The van der Waals surface area contributed by atoms with Crippen molar-refractivity contribution in [3.8, 4) is 0 Å². The van der Waals surface area contributed by atoms with Crippen LogP contribution >= 0.6 is 0 Å². The first-order valence-electron chi connectivity index (χ1n) is 5.17. The third kappa shape index (κ3) is 1.84. The lowest BCUT2D eigenvalue weighted by atomic mass is 9.64. The summed E-state index contributed by atoms with van der Waals surface area (Å²) in [5, 5.41) is 0. The van der Waals surface area contributed by atoms with Crippen molar-refractivity contribution in [2.75, 3.05) is 0 Å². The molecule has 1 aliphatic carbocycles. The Bertz CT molecular complexity index is 227. The molecule has 0 radical (unpaired) electrons. The standard InChI is InChI=1S/C12H20O/c1-9(2)12(11(4)13)7-5-6-10(3)8-12/h5-6,9-10H,7-8H2,1-4H3. The van der Waals surface area contributed by atoms with E-state index in [0.29, 0.717) is 17.6 Å². The summed E-state index contributed by atoms with van der Waals surface area (Å²) in [5.41, 5.74) is -0.0752. The van der Waals surface area contributed by atoms with E-state index in [9.17, 15) is 4.79 Å². The summed E-state index contributed by atoms with van der Waals surface area (Å²) in [6.45, 7) is 8.25. The number of hydrogen-bond donors (Lipinski definition) is 0. The van der Waals surface area contributed by atoms with Crippen LogP contribution in [-0.2, 0) is 4.79 Å². The molecule has 1 rings (SSSR count). The fraction of sp³-hybridized carbons (Fsp3) is 0.750. The average molecular weight is 180 g/mol. The van der Waals surface area contributed by atoms with Gasteiger partial charge in [0.25, 0.3) is 0 Å². The largest absolute Gasteiger partial charge is 0.299 e. The van der Waals surface area contributed by atoms with Gasteiger partial charge in [-0.3, -0.25) is 4.79 Å². The molecule has 1 heteroatoms. The van der Waals surface area contributed by atoms with Crippen LogP contribution in [0.2, 0.25) is 0 Å². The minimum absolute atomic E-state index is 0.0752. The van der Waals surface area contributed by atoms with Gasteiger partial charge in [0.2, 0.25) is 0 Å². The van der Waals surface area contributed by atoms with Crippen LogP contribution in [0, 0.1) is 17.3 Å². The van der Waals surface area contributed by atoms with Crippen LogP contribution in [-0.4, -0.2) is 5.78 Å². The van der Waals surface area contributed by atoms with E-state index in [-0.39, 0.29) is 5.41 Å². The Balaban J connectivity index is 2.93. The van der Waals surface area contributed by atoms with E-state index in [1.165, 1.54) is 0 Å². The average Bonchev–Trinajstić information content (AvgIpc) is 2.03. The predicted molar refractivity (Wildman–Crippen MR) is 55.5 cm³/mol. The quantitative estimate of drug-likeness (QED) is 0.596. The lowest BCUT2D eigenvalue weighted by Gasteiger charge is -2.38. The smallest absolute Gasteiger partial charge is 0.136 e. The van der Waals surface area contributed by atoms with Gasteiger partial charge in [-0.05, 0) is 31.6 Å². The van der Waals surface area contributed by atoms with E-state index >= 15 is 0 Å². The zero-order chi connectivity index (χ0) is 10.1. The Morgan fingerprint density at radius 2 is 2.15 bits per heavy atom. The van der Waals surface area contributed by atoms with Crippen LogP contribution in [0.15, 0.2) is 12.2 Å². The van der Waals surface area contributed by atoms with E-state index in [4.69, 9.17) is 0 Å². The molecule has 0 heterocycles. The molecule has 1 nitrogen and oxygen atoms in total. The van der Waals surface area contributed by atoms with Gasteiger partial charge in [-0.15, -0.1) is 0 Å². The molecule has 0 saturated heterocycles. The third-order valence-corrected chi connectivity index (χ3v) is 3.44. The van der Waals surface area contributed by atoms with Crippen molar-refractivity contribution in [3.05, 3.63) is 12.2 Å². The van der Waals surface area contributed by atoms with Crippen LogP contribution in [0.3, 0.4) is 0 Å². The highest BCUT2D eigenvalue weighted by Gasteiger charge is 2.39. The number of hydrogen-bond acceptors (Lipinski definition) is 1. The zero-order valence-electron chi connectivity index (χ0n) is 9.13. The SMILES string of the molecule is CC(=O)C1(C(C)C)CC=CC(C)C1. The molecule has 0 aromatic heterocycles. The van der Waals surface area contributed by atoms with Gasteiger partial charge in [0, 0.05) is 5.41 Å². The van der Waals surface area contributed by atoms with Crippen LogP contribution in [0.4, 0.5) is 0 Å². The molecule has 0 fully saturated rings. The van der Waals surface area contributed by atoms with Crippen LogP contribution in [0.1, 0.15) is 40.5 Å². The van der Waals surface area contributed by atoms with E-state index in [2.05, 4.69) is 32.9 Å². The number of ketones is 1. The Kier molecular flexibility index (Phi) is 2.94. The molecule has 0 aromatic rings. The number of carbonyl (C=O) groups is 1. The third-order valence-electron chi connectivity index (χ3n) is 3.44. The number of carbonyl (C=O) groups excluding carboxylic acids is 1. The fourth-order valence-electron chi connectivity index (χ4n) is 2.40. The molecule has 0 bridgehead atoms. The van der Waals surface area contributed by atoms with Gasteiger partial charge in [-0.1, -0.05) is 32.9 Å². The molecule has 0 amide bonds. The van der Waals surface area contributed by atoms with Gasteiger partial charge in [0.15, 0.2) is 0 Å². The van der Waals surface area contributed by atoms with Crippen molar-refractivity contribution in [2.24, 2.45) is 17.3 Å². The maximum absolute atomic E-state index is 11.7. The second kappa shape index (κ2) is 3.65. The van der Waals surface area contributed by atoms with Gasteiger partial charge >= 0.3 is 0 Å². The maximum Gasteiger partial charge on any atom is 0.136 e. The van der Waals surface area contributed by atoms with Crippen molar-refractivity contribution < 1.29 is 4.79 Å². The topological polar surface area (TPSA) is 17.1 Å². The second-order valence-corrected chi connectivity index (χ2v) is 4.68. The monoisotopic (exact) mass is 180 g/mol. The van der Waals surface area contributed by atoms with Gasteiger partial charge in [-0.2, -0.15) is 0 Å². The van der Waals surface area contributed by atoms with Crippen LogP contribution in [0.25, 0.3) is 0 Å². The molecule has 2 atom stereocenters. The molecule has 74 valence electrons. The highest BCUT2D eigenvalue weighted by molar-refractivity contribution is 5.83. The molecular formula is C12H20O. The van der Waals surface area contributed by atoms with Gasteiger partial charge in [0.05, 0.1) is 0 Å². The zero-order valence-corrected chi connectivity index (χ0v) is 9.13. The van der Waals surface area contributed by atoms with Crippen LogP contribution in [0.5, 0.6) is 0 Å². The Labute approximate surface area is 81.2 Å². The first-order valence-corrected chi connectivity index (χ1v) is 5.17. The van der Waals surface area contributed by atoms with Crippen molar-refractivity contribution in [3.63, 3.8) is 0 Å². The first kappa shape index (κ1) is 10.5.